The van der Waals surface area contributed by atoms with E-state index in [1.54, 1.807) is 16.7 Å². The molecule has 0 aromatic heterocycles. The predicted molar refractivity (Wildman–Crippen MR) is 144 cm³/mol. The highest BCUT2D eigenvalue weighted by Crippen LogP contribution is 2.49. The third-order valence-electron chi connectivity index (χ3n) is 5.68. The molecule has 1 amide bonds. The van der Waals surface area contributed by atoms with Crippen molar-refractivity contribution < 1.29 is 9.53 Å². The highest BCUT2D eigenvalue weighted by molar-refractivity contribution is 7.99. The molecule has 176 valence electrons. The molecule has 4 aromatic rings. The van der Waals surface area contributed by atoms with Gasteiger partial charge in [0.25, 0.3) is 0 Å². The Balaban J connectivity index is 1.52. The van der Waals surface area contributed by atoms with E-state index in [2.05, 4.69) is 59.9 Å². The van der Waals surface area contributed by atoms with Crippen molar-refractivity contribution in [1.29, 1.82) is 0 Å². The average molecular weight is 481 g/mol. The van der Waals surface area contributed by atoms with Crippen molar-refractivity contribution in [2.24, 2.45) is 0 Å². The first-order chi connectivity index (χ1) is 16.9. The molecule has 0 bridgehead atoms. The number of carbonyl (C=O) groups is 1. The van der Waals surface area contributed by atoms with Gasteiger partial charge in [0.15, 0.2) is 0 Å². The van der Waals surface area contributed by atoms with E-state index in [9.17, 15) is 4.79 Å². The molecule has 0 saturated carbocycles. The minimum Gasteiger partial charge on any atom is -0.443 e. The first-order valence-electron chi connectivity index (χ1n) is 11.7. The van der Waals surface area contributed by atoms with Crippen molar-refractivity contribution in [3.05, 3.63) is 114 Å². The van der Waals surface area contributed by atoms with Gasteiger partial charge in [0.1, 0.15) is 5.60 Å². The number of anilines is 3. The molecule has 0 radical (unpaired) electrons. The van der Waals surface area contributed by atoms with Crippen LogP contribution in [0.2, 0.25) is 0 Å². The van der Waals surface area contributed by atoms with Gasteiger partial charge in [-0.1, -0.05) is 84.6 Å². The van der Waals surface area contributed by atoms with Crippen LogP contribution >= 0.6 is 11.8 Å². The van der Waals surface area contributed by atoms with Gasteiger partial charge in [0.2, 0.25) is 0 Å². The summed E-state index contributed by atoms with van der Waals surface area (Å²) in [5.74, 6) is 0. The molecule has 0 fully saturated rings. The van der Waals surface area contributed by atoms with Crippen LogP contribution in [0, 0.1) is 0 Å². The first-order valence-corrected chi connectivity index (χ1v) is 12.5. The number of nitrogens with zero attached hydrogens (tertiary/aromatic N) is 1. The number of rotatable bonds is 4. The van der Waals surface area contributed by atoms with Crippen molar-refractivity contribution in [2.45, 2.75) is 42.2 Å². The largest absolute Gasteiger partial charge is 0.443 e. The molecule has 0 saturated heterocycles. The molecule has 4 aromatic carbocycles. The lowest BCUT2D eigenvalue weighted by Gasteiger charge is -2.33. The van der Waals surface area contributed by atoms with E-state index in [4.69, 9.17) is 4.74 Å². The van der Waals surface area contributed by atoms with E-state index in [0.717, 1.165) is 26.9 Å². The molecule has 1 aliphatic rings. The van der Waals surface area contributed by atoms with Crippen molar-refractivity contribution in [3.8, 4) is 0 Å². The van der Waals surface area contributed by atoms with Crippen LogP contribution in [-0.2, 0) is 4.74 Å². The Hall–Kier alpha value is -3.70. The third kappa shape index (κ3) is 5.05. The van der Waals surface area contributed by atoms with E-state index in [1.165, 1.54) is 11.1 Å². The summed E-state index contributed by atoms with van der Waals surface area (Å²) in [5, 5.41) is 3.72. The Labute approximate surface area is 210 Å². The number of benzene rings is 4. The molecular weight excluding hydrogens is 452 g/mol. The highest BCUT2D eigenvalue weighted by Gasteiger charge is 2.32. The van der Waals surface area contributed by atoms with Gasteiger partial charge in [0, 0.05) is 15.5 Å². The number of ether oxygens (including phenoxy) is 1. The fourth-order valence-electron chi connectivity index (χ4n) is 4.17. The Morgan fingerprint density at radius 2 is 1.34 bits per heavy atom. The number of carbonyl (C=O) groups excluding carboxylic acids is 1. The molecule has 5 heteroatoms. The zero-order valence-electron chi connectivity index (χ0n) is 20.1. The third-order valence-corrected chi connectivity index (χ3v) is 6.79. The summed E-state index contributed by atoms with van der Waals surface area (Å²) in [6.07, 6.45) is -0.376. The summed E-state index contributed by atoms with van der Waals surface area (Å²) in [5.41, 5.74) is 4.43. The van der Waals surface area contributed by atoms with E-state index in [-0.39, 0.29) is 12.1 Å². The lowest BCUT2D eigenvalue weighted by molar-refractivity contribution is 0.0597. The second-order valence-electron chi connectivity index (χ2n) is 9.47. The van der Waals surface area contributed by atoms with Crippen LogP contribution in [-0.4, -0.2) is 11.7 Å². The number of fused-ring (bicyclic) bond motifs is 2. The number of amides is 1. The van der Waals surface area contributed by atoms with Gasteiger partial charge in [-0.2, -0.15) is 0 Å². The van der Waals surface area contributed by atoms with Gasteiger partial charge < -0.3 is 10.1 Å². The van der Waals surface area contributed by atoms with Crippen LogP contribution in [0.4, 0.5) is 21.9 Å². The molecule has 1 heterocycles. The molecule has 1 aliphatic heterocycles. The summed E-state index contributed by atoms with van der Waals surface area (Å²) in [4.78, 5) is 17.0. The quantitative estimate of drug-likeness (QED) is 0.318. The van der Waals surface area contributed by atoms with E-state index >= 15 is 0 Å². The minimum absolute atomic E-state index is 0.00159. The van der Waals surface area contributed by atoms with Crippen molar-refractivity contribution in [1.82, 2.24) is 0 Å². The Morgan fingerprint density at radius 1 is 0.771 bits per heavy atom. The molecular formula is C30H28N2O2S. The molecule has 5 rings (SSSR count). The van der Waals surface area contributed by atoms with Crippen LogP contribution in [0.5, 0.6) is 0 Å². The van der Waals surface area contributed by atoms with Gasteiger partial charge in [-0.25, -0.2) is 9.69 Å². The molecule has 0 atom stereocenters. The van der Waals surface area contributed by atoms with Gasteiger partial charge in [-0.15, -0.1) is 0 Å². The van der Waals surface area contributed by atoms with Gasteiger partial charge in [0.05, 0.1) is 17.4 Å². The molecule has 0 aliphatic carbocycles. The average Bonchev–Trinajstić information content (AvgIpc) is 2.85. The minimum atomic E-state index is -0.586. The molecule has 1 N–H and O–H groups in total. The Bertz CT molecular complexity index is 1290. The zero-order valence-corrected chi connectivity index (χ0v) is 20.9. The second-order valence-corrected chi connectivity index (χ2v) is 10.6. The monoisotopic (exact) mass is 480 g/mol. The van der Waals surface area contributed by atoms with Gasteiger partial charge in [-0.05, 0) is 62.2 Å². The maximum atomic E-state index is 13.3. The van der Waals surface area contributed by atoms with Crippen molar-refractivity contribution in [2.75, 3.05) is 10.2 Å². The summed E-state index contributed by atoms with van der Waals surface area (Å²) >= 11 is 1.67. The number of nitrogens with one attached hydrogen (secondary N) is 1. The Morgan fingerprint density at radius 3 is 1.97 bits per heavy atom. The SMILES string of the molecule is CC(C)(C)OC(=O)N1c2ccccc2Sc2cc(NC(c3ccccc3)c3ccccc3)ccc21. The van der Waals surface area contributed by atoms with Crippen LogP contribution in [0.1, 0.15) is 37.9 Å². The van der Waals surface area contributed by atoms with E-state index in [0.29, 0.717) is 0 Å². The molecule has 4 nitrogen and oxygen atoms in total. The smallest absolute Gasteiger partial charge is 0.419 e. The number of hydrogen-bond acceptors (Lipinski definition) is 4. The summed E-state index contributed by atoms with van der Waals surface area (Å²) in [6.45, 7) is 5.66. The fourth-order valence-corrected chi connectivity index (χ4v) is 5.27. The number of para-hydroxylation sites is 1. The van der Waals surface area contributed by atoms with Crippen LogP contribution in [0.15, 0.2) is 113 Å². The summed E-state index contributed by atoms with van der Waals surface area (Å²) in [6, 6.07) is 34.9. The lowest BCUT2D eigenvalue weighted by atomic mass is 9.98. The van der Waals surface area contributed by atoms with Gasteiger partial charge in [-0.3, -0.25) is 0 Å². The second kappa shape index (κ2) is 9.51. The maximum Gasteiger partial charge on any atom is 0.419 e. The molecule has 35 heavy (non-hydrogen) atoms. The topological polar surface area (TPSA) is 41.6 Å². The number of hydrogen-bond donors (Lipinski definition) is 1. The van der Waals surface area contributed by atoms with E-state index < -0.39 is 5.60 Å². The predicted octanol–water partition coefficient (Wildman–Crippen LogP) is 8.43. The highest BCUT2D eigenvalue weighted by atomic mass is 32.2. The summed E-state index contributed by atoms with van der Waals surface area (Å²) in [7, 11) is 0. The fraction of sp³-hybridized carbons (Fsp3) is 0.167. The normalized spacial score (nSPS) is 12.6. The van der Waals surface area contributed by atoms with E-state index in [1.807, 2.05) is 69.3 Å². The molecule has 0 spiro atoms. The summed E-state index contributed by atoms with van der Waals surface area (Å²) < 4.78 is 5.76. The van der Waals surface area contributed by atoms with Gasteiger partial charge >= 0.3 is 6.09 Å². The lowest BCUT2D eigenvalue weighted by Crippen LogP contribution is -2.35. The maximum absolute atomic E-state index is 13.3. The van der Waals surface area contributed by atoms with Crippen LogP contribution < -0.4 is 10.2 Å². The van der Waals surface area contributed by atoms with Crippen molar-refractivity contribution >= 4 is 34.9 Å². The standard InChI is InChI=1S/C30H28N2O2S/c1-30(2,3)34-29(33)32-24-16-10-11-17-26(24)35-27-20-23(18-19-25(27)32)31-28(21-12-6-4-7-13-21)22-14-8-5-9-15-22/h4-20,28,31H,1-3H3. The zero-order chi connectivity index (χ0) is 24.4. The van der Waals surface area contributed by atoms with Crippen molar-refractivity contribution in [3.63, 3.8) is 0 Å². The Kier molecular flexibility index (Phi) is 6.27. The molecule has 0 unspecified atom stereocenters. The first kappa shape index (κ1) is 23.1. The van der Waals surface area contributed by atoms with Crippen LogP contribution in [0.25, 0.3) is 0 Å². The van der Waals surface area contributed by atoms with Crippen LogP contribution in [0.3, 0.4) is 0 Å².